The van der Waals surface area contributed by atoms with Crippen molar-refractivity contribution < 1.29 is 24.2 Å². The molecule has 1 aromatic rings. The van der Waals surface area contributed by atoms with E-state index in [0.29, 0.717) is 29.9 Å². The number of methoxy groups -OCH3 is 1. The first-order valence-corrected chi connectivity index (χ1v) is 7.64. The van der Waals surface area contributed by atoms with E-state index in [9.17, 15) is 14.7 Å². The van der Waals surface area contributed by atoms with Gasteiger partial charge >= 0.3 is 5.97 Å². The highest BCUT2D eigenvalue weighted by atomic mass is 16.5. The van der Waals surface area contributed by atoms with Crippen LogP contribution in [0.15, 0.2) is 29.5 Å². The molecule has 0 saturated carbocycles. The Kier molecular flexibility index (Phi) is 3.66. The maximum absolute atomic E-state index is 12.6. The van der Waals surface area contributed by atoms with Crippen molar-refractivity contribution in [2.24, 2.45) is 5.41 Å². The van der Waals surface area contributed by atoms with Gasteiger partial charge in [0.1, 0.15) is 5.76 Å². The number of ether oxygens (including phenoxy) is 2. The maximum atomic E-state index is 12.6. The summed E-state index contributed by atoms with van der Waals surface area (Å²) in [6, 6.07) is 4.97. The Labute approximate surface area is 134 Å². The molecule has 0 spiro atoms. The number of esters is 1. The van der Waals surface area contributed by atoms with Gasteiger partial charge in [-0.1, -0.05) is 19.9 Å². The lowest BCUT2D eigenvalue weighted by Gasteiger charge is -2.36. The van der Waals surface area contributed by atoms with E-state index in [4.69, 9.17) is 9.47 Å². The van der Waals surface area contributed by atoms with Crippen LogP contribution in [0.4, 0.5) is 0 Å². The number of carbonyl (C=O) groups excluding carboxylic acids is 2. The molecule has 1 aliphatic carbocycles. The third-order valence-electron chi connectivity index (χ3n) is 4.44. The molecule has 0 aromatic heterocycles. The maximum Gasteiger partial charge on any atom is 0.311 e. The van der Waals surface area contributed by atoms with Gasteiger partial charge in [0.15, 0.2) is 17.3 Å². The molecule has 0 radical (unpaired) electrons. The SMILES string of the molecule is COc1ccc([C@@H]2CC(=O)OC3=C2C(=O)CC(C)(C)C3)cc1O. The summed E-state index contributed by atoms with van der Waals surface area (Å²) in [6.45, 7) is 3.98. The molecule has 1 aliphatic heterocycles. The van der Waals surface area contributed by atoms with Gasteiger partial charge in [0.2, 0.25) is 0 Å². The van der Waals surface area contributed by atoms with E-state index in [0.717, 1.165) is 5.56 Å². The van der Waals surface area contributed by atoms with Crippen LogP contribution in [-0.4, -0.2) is 24.0 Å². The van der Waals surface area contributed by atoms with Gasteiger partial charge in [-0.2, -0.15) is 0 Å². The van der Waals surface area contributed by atoms with Crippen molar-refractivity contribution in [3.05, 3.63) is 35.1 Å². The number of carbonyl (C=O) groups is 2. The van der Waals surface area contributed by atoms with Crippen molar-refractivity contribution in [1.82, 2.24) is 0 Å². The number of phenolic OH excluding ortho intramolecular Hbond substituents is 1. The molecule has 1 N–H and O–H groups in total. The molecular formula is C18H20O5. The molecule has 122 valence electrons. The Morgan fingerprint density at radius 2 is 2.00 bits per heavy atom. The van der Waals surface area contributed by atoms with Crippen LogP contribution < -0.4 is 4.74 Å². The first-order valence-electron chi connectivity index (χ1n) is 7.64. The Morgan fingerprint density at radius 1 is 1.26 bits per heavy atom. The average molecular weight is 316 g/mol. The lowest BCUT2D eigenvalue weighted by atomic mass is 9.71. The fraction of sp³-hybridized carbons (Fsp3) is 0.444. The predicted octanol–water partition coefficient (Wildman–Crippen LogP) is 3.07. The Balaban J connectivity index is 2.06. The fourth-order valence-corrected chi connectivity index (χ4v) is 3.41. The summed E-state index contributed by atoms with van der Waals surface area (Å²) in [5.41, 5.74) is 1.09. The number of allylic oxidation sites excluding steroid dienone is 2. The molecule has 0 bridgehead atoms. The molecule has 0 amide bonds. The molecule has 5 nitrogen and oxygen atoms in total. The molecule has 2 aliphatic rings. The third kappa shape index (κ3) is 2.83. The summed E-state index contributed by atoms with van der Waals surface area (Å²) in [4.78, 5) is 24.6. The number of rotatable bonds is 2. The number of phenols is 1. The van der Waals surface area contributed by atoms with Crippen LogP contribution in [0.25, 0.3) is 0 Å². The second kappa shape index (κ2) is 5.41. The second-order valence-corrected chi connectivity index (χ2v) is 6.94. The minimum absolute atomic E-state index is 0.00493. The fourth-order valence-electron chi connectivity index (χ4n) is 3.41. The van der Waals surface area contributed by atoms with Crippen LogP contribution in [0.1, 0.15) is 44.6 Å². The minimum atomic E-state index is -0.369. The zero-order valence-corrected chi connectivity index (χ0v) is 13.5. The largest absolute Gasteiger partial charge is 0.504 e. The van der Waals surface area contributed by atoms with Gasteiger partial charge in [-0.3, -0.25) is 9.59 Å². The smallest absolute Gasteiger partial charge is 0.311 e. The van der Waals surface area contributed by atoms with Gasteiger partial charge in [-0.25, -0.2) is 0 Å². The van der Waals surface area contributed by atoms with Crippen LogP contribution in [0.2, 0.25) is 0 Å². The van der Waals surface area contributed by atoms with Crippen LogP contribution in [0.5, 0.6) is 11.5 Å². The number of Topliss-reactive ketones (excluding diaryl/α,β-unsaturated/α-hetero) is 1. The van der Waals surface area contributed by atoms with E-state index in [-0.39, 0.29) is 35.3 Å². The quantitative estimate of drug-likeness (QED) is 0.849. The van der Waals surface area contributed by atoms with Crippen LogP contribution in [0, 0.1) is 5.41 Å². The monoisotopic (exact) mass is 316 g/mol. The molecule has 5 heteroatoms. The second-order valence-electron chi connectivity index (χ2n) is 6.94. The molecule has 1 heterocycles. The summed E-state index contributed by atoms with van der Waals surface area (Å²) in [5, 5.41) is 9.99. The van der Waals surface area contributed by atoms with E-state index in [2.05, 4.69) is 0 Å². The van der Waals surface area contributed by atoms with Gasteiger partial charge in [-0.15, -0.1) is 0 Å². The Bertz CT molecular complexity index is 714. The standard InChI is InChI=1S/C18H20O5/c1-18(2)8-13(20)17-11(7-16(21)23-15(17)9-18)10-4-5-14(22-3)12(19)6-10/h4-6,11,19H,7-9H2,1-3H3/t11-/m0/s1. The number of aromatic hydroxyl groups is 1. The normalized spacial score (nSPS) is 23.3. The predicted molar refractivity (Wildman–Crippen MR) is 83.2 cm³/mol. The summed E-state index contributed by atoms with van der Waals surface area (Å²) in [7, 11) is 1.47. The van der Waals surface area contributed by atoms with Gasteiger partial charge in [0.25, 0.3) is 0 Å². The molecule has 1 aromatic carbocycles. The number of benzene rings is 1. The minimum Gasteiger partial charge on any atom is -0.504 e. The zero-order valence-electron chi connectivity index (χ0n) is 13.5. The lowest BCUT2D eigenvalue weighted by Crippen LogP contribution is -2.33. The third-order valence-corrected chi connectivity index (χ3v) is 4.44. The topological polar surface area (TPSA) is 72.8 Å². The van der Waals surface area contributed by atoms with E-state index < -0.39 is 0 Å². The molecule has 1 atom stereocenters. The molecular weight excluding hydrogens is 296 g/mol. The van der Waals surface area contributed by atoms with Crippen molar-refractivity contribution in [1.29, 1.82) is 0 Å². The van der Waals surface area contributed by atoms with Gasteiger partial charge < -0.3 is 14.6 Å². The summed E-state index contributed by atoms with van der Waals surface area (Å²) >= 11 is 0. The Hall–Kier alpha value is -2.30. The zero-order chi connectivity index (χ0) is 16.8. The first-order chi connectivity index (χ1) is 10.8. The molecule has 0 fully saturated rings. The van der Waals surface area contributed by atoms with E-state index in [1.54, 1.807) is 18.2 Å². The Morgan fingerprint density at radius 3 is 2.65 bits per heavy atom. The molecule has 23 heavy (non-hydrogen) atoms. The van der Waals surface area contributed by atoms with Crippen LogP contribution in [0.3, 0.4) is 0 Å². The highest BCUT2D eigenvalue weighted by molar-refractivity contribution is 6.00. The van der Waals surface area contributed by atoms with Crippen LogP contribution >= 0.6 is 0 Å². The van der Waals surface area contributed by atoms with Crippen molar-refractivity contribution in [3.63, 3.8) is 0 Å². The number of ketones is 1. The average Bonchev–Trinajstić information content (AvgIpc) is 2.44. The van der Waals surface area contributed by atoms with E-state index in [1.165, 1.54) is 7.11 Å². The molecule has 0 unspecified atom stereocenters. The summed E-state index contributed by atoms with van der Waals surface area (Å²) < 4.78 is 10.4. The van der Waals surface area contributed by atoms with Gasteiger partial charge in [0.05, 0.1) is 13.5 Å². The van der Waals surface area contributed by atoms with Crippen molar-refractivity contribution in [3.8, 4) is 11.5 Å². The first kappa shape index (κ1) is 15.6. The highest BCUT2D eigenvalue weighted by Gasteiger charge is 2.42. The number of hydrogen-bond donors (Lipinski definition) is 1. The molecule has 0 saturated heterocycles. The summed E-state index contributed by atoms with van der Waals surface area (Å²) in [5.74, 6) is 0.153. The van der Waals surface area contributed by atoms with Crippen molar-refractivity contribution in [2.45, 2.75) is 39.0 Å². The van der Waals surface area contributed by atoms with Crippen LogP contribution in [-0.2, 0) is 14.3 Å². The van der Waals surface area contributed by atoms with E-state index in [1.807, 2.05) is 13.8 Å². The lowest BCUT2D eigenvalue weighted by molar-refractivity contribution is -0.142. The highest BCUT2D eigenvalue weighted by Crippen LogP contribution is 2.46. The van der Waals surface area contributed by atoms with Crippen molar-refractivity contribution >= 4 is 11.8 Å². The van der Waals surface area contributed by atoms with Gasteiger partial charge in [0, 0.05) is 24.3 Å². The summed E-state index contributed by atoms with van der Waals surface area (Å²) in [6.07, 6.45) is 1.11. The van der Waals surface area contributed by atoms with Crippen molar-refractivity contribution in [2.75, 3.05) is 7.11 Å². The number of hydrogen-bond acceptors (Lipinski definition) is 5. The van der Waals surface area contributed by atoms with Gasteiger partial charge in [-0.05, 0) is 23.1 Å². The molecule has 3 rings (SSSR count). The van der Waals surface area contributed by atoms with E-state index >= 15 is 0 Å².